The molecule has 0 fully saturated rings. The Hall–Kier alpha value is -0.410. The fraction of sp³-hybridized carbons (Fsp3) is 0.100. The van der Waals surface area contributed by atoms with Crippen LogP contribution in [0.5, 0.6) is 5.75 Å². The number of rotatable bonds is 4. The topological polar surface area (TPSA) is 26.3 Å². The van der Waals surface area contributed by atoms with Crippen molar-refractivity contribution in [3.63, 3.8) is 0 Å². The summed E-state index contributed by atoms with van der Waals surface area (Å²) in [6, 6.07) is 2.93. The average molecular weight is 300 g/mol. The normalized spacial score (nSPS) is 11.4. The van der Waals surface area contributed by atoms with E-state index in [-0.39, 0.29) is 22.9 Å². The van der Waals surface area contributed by atoms with E-state index in [9.17, 15) is 4.79 Å². The first kappa shape index (κ1) is 13.7. The smallest absolute Gasteiger partial charge is 0.153 e. The summed E-state index contributed by atoms with van der Waals surface area (Å²) in [5, 5.41) is 0.900. The summed E-state index contributed by atoms with van der Waals surface area (Å²) < 4.78 is 5.26. The molecule has 0 radical (unpaired) electrons. The highest BCUT2D eigenvalue weighted by Gasteiger charge is 2.10. The van der Waals surface area contributed by atoms with Gasteiger partial charge in [-0.25, -0.2) is 0 Å². The molecule has 86 valence electrons. The van der Waals surface area contributed by atoms with Crippen LogP contribution in [-0.4, -0.2) is 12.9 Å². The first-order chi connectivity index (χ1) is 7.58. The van der Waals surface area contributed by atoms with Gasteiger partial charge in [0.2, 0.25) is 0 Å². The fourth-order valence-corrected chi connectivity index (χ4v) is 1.67. The fourth-order valence-electron chi connectivity index (χ4n) is 0.993. The average Bonchev–Trinajstić information content (AvgIpc) is 2.26. The van der Waals surface area contributed by atoms with Crippen molar-refractivity contribution < 1.29 is 9.53 Å². The Bertz CT molecular complexity index is 429. The molecule has 2 nitrogen and oxygen atoms in total. The SMILES string of the molecule is O=Cc1cc(Cl)cc(Cl)c1OCC(Cl)=CCl. The van der Waals surface area contributed by atoms with Crippen LogP contribution in [0.3, 0.4) is 0 Å². The second-order valence-corrected chi connectivity index (χ2v) is 4.32. The highest BCUT2D eigenvalue weighted by atomic mass is 35.5. The Kier molecular flexibility index (Phi) is 5.42. The zero-order valence-corrected chi connectivity index (χ0v) is 10.9. The highest BCUT2D eigenvalue weighted by Crippen LogP contribution is 2.31. The van der Waals surface area contributed by atoms with E-state index in [2.05, 4.69) is 0 Å². The molecular weight excluding hydrogens is 294 g/mol. The summed E-state index contributed by atoms with van der Waals surface area (Å²) >= 11 is 22.6. The second-order valence-electron chi connectivity index (χ2n) is 2.77. The van der Waals surface area contributed by atoms with Gasteiger partial charge < -0.3 is 4.74 Å². The summed E-state index contributed by atoms with van der Waals surface area (Å²) in [7, 11) is 0. The largest absolute Gasteiger partial charge is 0.486 e. The lowest BCUT2D eigenvalue weighted by Crippen LogP contribution is -2.00. The lowest BCUT2D eigenvalue weighted by Gasteiger charge is -2.09. The molecule has 0 aliphatic carbocycles. The van der Waals surface area contributed by atoms with Crippen LogP contribution >= 0.6 is 46.4 Å². The van der Waals surface area contributed by atoms with Crippen LogP contribution in [0.2, 0.25) is 10.0 Å². The molecule has 0 saturated carbocycles. The molecule has 0 saturated heterocycles. The molecule has 0 heterocycles. The number of carbonyl (C=O) groups is 1. The highest BCUT2D eigenvalue weighted by molar-refractivity contribution is 6.37. The third-order valence-corrected chi connectivity index (χ3v) is 2.73. The van der Waals surface area contributed by atoms with Crippen molar-refractivity contribution in [2.45, 2.75) is 0 Å². The molecule has 0 spiro atoms. The van der Waals surface area contributed by atoms with E-state index in [1.807, 2.05) is 0 Å². The molecule has 0 aromatic heterocycles. The predicted octanol–water partition coefficient (Wildman–Crippen LogP) is 4.50. The molecule has 0 unspecified atom stereocenters. The van der Waals surface area contributed by atoms with Crippen LogP contribution < -0.4 is 4.74 Å². The van der Waals surface area contributed by atoms with E-state index in [0.29, 0.717) is 16.3 Å². The number of ether oxygens (including phenoxy) is 1. The summed E-state index contributed by atoms with van der Waals surface area (Å²) in [5.74, 6) is 0.234. The van der Waals surface area contributed by atoms with E-state index in [1.54, 1.807) is 0 Å². The number of benzene rings is 1. The van der Waals surface area contributed by atoms with Crippen LogP contribution in [0.15, 0.2) is 22.7 Å². The van der Waals surface area contributed by atoms with Gasteiger partial charge in [0.1, 0.15) is 12.4 Å². The summed E-state index contributed by atoms with van der Waals surface area (Å²) in [5.41, 5.74) is 1.43. The monoisotopic (exact) mass is 298 g/mol. The van der Waals surface area contributed by atoms with Gasteiger partial charge in [0.25, 0.3) is 0 Å². The first-order valence-corrected chi connectivity index (χ1v) is 5.67. The molecular formula is C10H6Cl4O2. The molecule has 6 heteroatoms. The van der Waals surface area contributed by atoms with Gasteiger partial charge in [-0.3, -0.25) is 4.79 Å². The molecule has 0 bridgehead atoms. The van der Waals surface area contributed by atoms with E-state index >= 15 is 0 Å². The standard InChI is InChI=1S/C10H6Cl4O2/c11-3-8(13)5-16-10-6(4-15)1-7(12)2-9(10)14/h1-4H,5H2. The Balaban J connectivity index is 2.98. The lowest BCUT2D eigenvalue weighted by molar-refractivity contribution is 0.112. The van der Waals surface area contributed by atoms with Gasteiger partial charge in [-0.05, 0) is 12.1 Å². The minimum atomic E-state index is 0.0350. The second kappa shape index (κ2) is 6.36. The number of aldehydes is 1. The number of hydrogen-bond acceptors (Lipinski definition) is 2. The van der Waals surface area contributed by atoms with Crippen LogP contribution in [0, 0.1) is 0 Å². The summed E-state index contributed by atoms with van der Waals surface area (Å²) in [6.07, 6.45) is 0.603. The van der Waals surface area contributed by atoms with Crippen LogP contribution in [-0.2, 0) is 0 Å². The van der Waals surface area contributed by atoms with E-state index in [4.69, 9.17) is 51.1 Å². The summed E-state index contributed by atoms with van der Waals surface area (Å²) in [4.78, 5) is 10.8. The molecule has 1 aromatic rings. The van der Waals surface area contributed by atoms with Crippen molar-refractivity contribution in [1.82, 2.24) is 0 Å². The van der Waals surface area contributed by atoms with E-state index < -0.39 is 0 Å². The van der Waals surface area contributed by atoms with Gasteiger partial charge >= 0.3 is 0 Å². The number of carbonyl (C=O) groups excluding carboxylic acids is 1. The molecule has 0 amide bonds. The molecule has 0 N–H and O–H groups in total. The van der Waals surface area contributed by atoms with E-state index in [0.717, 1.165) is 0 Å². The third-order valence-electron chi connectivity index (χ3n) is 1.64. The van der Waals surface area contributed by atoms with Crippen molar-refractivity contribution in [3.8, 4) is 5.75 Å². The van der Waals surface area contributed by atoms with Gasteiger partial charge in [0, 0.05) is 10.6 Å². The van der Waals surface area contributed by atoms with Gasteiger partial charge in [-0.1, -0.05) is 46.4 Å². The Morgan fingerprint density at radius 1 is 1.38 bits per heavy atom. The minimum Gasteiger partial charge on any atom is -0.486 e. The van der Waals surface area contributed by atoms with Crippen molar-refractivity contribution in [3.05, 3.63) is 38.3 Å². The van der Waals surface area contributed by atoms with Crippen molar-refractivity contribution in [1.29, 1.82) is 0 Å². The van der Waals surface area contributed by atoms with Crippen molar-refractivity contribution in [2.24, 2.45) is 0 Å². The van der Waals surface area contributed by atoms with E-state index in [1.165, 1.54) is 17.7 Å². The Labute approximate surface area is 113 Å². The zero-order chi connectivity index (χ0) is 12.1. The minimum absolute atomic E-state index is 0.0350. The molecule has 1 rings (SSSR count). The zero-order valence-electron chi connectivity index (χ0n) is 7.84. The molecule has 1 aromatic carbocycles. The maximum absolute atomic E-state index is 10.8. The number of halogens is 4. The van der Waals surface area contributed by atoms with Crippen LogP contribution in [0.4, 0.5) is 0 Å². The maximum Gasteiger partial charge on any atom is 0.153 e. The van der Waals surface area contributed by atoms with Gasteiger partial charge in [0.15, 0.2) is 6.29 Å². The lowest BCUT2D eigenvalue weighted by atomic mass is 10.2. The molecule has 0 aliphatic heterocycles. The number of hydrogen-bond donors (Lipinski definition) is 0. The van der Waals surface area contributed by atoms with Gasteiger partial charge in [-0.2, -0.15) is 0 Å². The quantitative estimate of drug-likeness (QED) is 0.765. The Morgan fingerprint density at radius 2 is 2.06 bits per heavy atom. The molecule has 16 heavy (non-hydrogen) atoms. The molecule has 0 atom stereocenters. The Morgan fingerprint density at radius 3 is 2.62 bits per heavy atom. The third kappa shape index (κ3) is 3.56. The summed E-state index contributed by atoms with van der Waals surface area (Å²) in [6.45, 7) is 0.0350. The van der Waals surface area contributed by atoms with Gasteiger partial charge in [0.05, 0.1) is 15.6 Å². The van der Waals surface area contributed by atoms with Crippen LogP contribution in [0.1, 0.15) is 10.4 Å². The molecule has 0 aliphatic rings. The van der Waals surface area contributed by atoms with Gasteiger partial charge in [-0.15, -0.1) is 0 Å². The predicted molar refractivity (Wildman–Crippen MR) is 67.1 cm³/mol. The first-order valence-electron chi connectivity index (χ1n) is 4.10. The maximum atomic E-state index is 10.8. The van der Waals surface area contributed by atoms with Crippen molar-refractivity contribution >= 4 is 52.7 Å². The van der Waals surface area contributed by atoms with Crippen LogP contribution in [0.25, 0.3) is 0 Å². The van der Waals surface area contributed by atoms with Crippen molar-refractivity contribution in [2.75, 3.05) is 6.61 Å².